The van der Waals surface area contributed by atoms with E-state index >= 15 is 0 Å². The van der Waals surface area contributed by atoms with Gasteiger partial charge in [-0.2, -0.15) is 5.10 Å². The van der Waals surface area contributed by atoms with Crippen molar-refractivity contribution in [2.75, 3.05) is 7.05 Å². The molecule has 0 saturated carbocycles. The Morgan fingerprint density at radius 2 is 1.96 bits per heavy atom. The van der Waals surface area contributed by atoms with Crippen LogP contribution in [0.1, 0.15) is 44.3 Å². The van der Waals surface area contributed by atoms with Crippen LogP contribution in [-0.2, 0) is 20.2 Å². The molecule has 0 atom stereocenters. The first-order valence-electron chi connectivity index (χ1n) is 9.17. The standard InChI is InChI=1S/C21H26N4O3/c1-13-8-7-9-17(10-13)27-12-19-16(4)28-23-20(19)21(26)24(5)11-18-14(2)22-25(6)15(18)3/h7-10H,11-12H2,1-6H3. The van der Waals surface area contributed by atoms with Gasteiger partial charge in [0, 0.05) is 31.9 Å². The van der Waals surface area contributed by atoms with E-state index in [9.17, 15) is 4.79 Å². The molecule has 0 fully saturated rings. The van der Waals surface area contributed by atoms with E-state index in [1.165, 1.54) is 0 Å². The van der Waals surface area contributed by atoms with E-state index in [1.54, 1.807) is 18.9 Å². The minimum Gasteiger partial charge on any atom is -0.489 e. The smallest absolute Gasteiger partial charge is 0.276 e. The van der Waals surface area contributed by atoms with E-state index in [0.717, 1.165) is 28.3 Å². The summed E-state index contributed by atoms with van der Waals surface area (Å²) in [6, 6.07) is 7.77. The second-order valence-electron chi connectivity index (χ2n) is 7.11. The number of hydrogen-bond acceptors (Lipinski definition) is 5. The first kappa shape index (κ1) is 19.7. The monoisotopic (exact) mass is 382 g/mol. The molecular formula is C21H26N4O3. The van der Waals surface area contributed by atoms with Crippen LogP contribution in [0, 0.1) is 27.7 Å². The van der Waals surface area contributed by atoms with E-state index in [0.29, 0.717) is 17.9 Å². The third kappa shape index (κ3) is 3.93. The summed E-state index contributed by atoms with van der Waals surface area (Å²) in [5.41, 5.74) is 5.05. The predicted octanol–water partition coefficient (Wildman–Crippen LogP) is 3.49. The Kier molecular flexibility index (Phi) is 5.53. The van der Waals surface area contributed by atoms with Crippen LogP contribution in [0.15, 0.2) is 28.8 Å². The number of rotatable bonds is 6. The van der Waals surface area contributed by atoms with Gasteiger partial charge in [0.05, 0.1) is 11.3 Å². The summed E-state index contributed by atoms with van der Waals surface area (Å²) in [5.74, 6) is 1.12. The molecule has 2 heterocycles. The second kappa shape index (κ2) is 7.88. The van der Waals surface area contributed by atoms with E-state index < -0.39 is 0 Å². The van der Waals surface area contributed by atoms with Crippen LogP contribution in [0.3, 0.4) is 0 Å². The number of aromatic nitrogens is 3. The number of amides is 1. The largest absolute Gasteiger partial charge is 0.489 e. The molecule has 2 aromatic heterocycles. The van der Waals surface area contributed by atoms with Crippen molar-refractivity contribution in [3.8, 4) is 5.75 Å². The molecule has 1 amide bonds. The number of carbonyl (C=O) groups excluding carboxylic acids is 1. The number of aryl methyl sites for hydroxylation is 4. The van der Waals surface area contributed by atoms with Crippen LogP contribution in [0.5, 0.6) is 5.75 Å². The van der Waals surface area contributed by atoms with Crippen molar-refractivity contribution in [3.63, 3.8) is 0 Å². The Labute approximate surface area is 164 Å². The summed E-state index contributed by atoms with van der Waals surface area (Å²) in [6.45, 7) is 8.40. The van der Waals surface area contributed by atoms with Crippen molar-refractivity contribution >= 4 is 5.91 Å². The lowest BCUT2D eigenvalue weighted by Crippen LogP contribution is -2.28. The molecular weight excluding hydrogens is 356 g/mol. The molecule has 0 radical (unpaired) electrons. The minimum atomic E-state index is -0.206. The average Bonchev–Trinajstić information content (AvgIpc) is 3.13. The quantitative estimate of drug-likeness (QED) is 0.652. The normalized spacial score (nSPS) is 10.9. The number of ether oxygens (including phenoxy) is 1. The zero-order valence-electron chi connectivity index (χ0n) is 17.2. The third-order valence-corrected chi connectivity index (χ3v) is 4.96. The summed E-state index contributed by atoms with van der Waals surface area (Å²) in [6.07, 6.45) is 0. The maximum atomic E-state index is 13.0. The van der Waals surface area contributed by atoms with Crippen LogP contribution in [0.2, 0.25) is 0 Å². The number of hydrogen-bond donors (Lipinski definition) is 0. The van der Waals surface area contributed by atoms with Crippen molar-refractivity contribution in [2.24, 2.45) is 7.05 Å². The van der Waals surface area contributed by atoms with Gasteiger partial charge in [-0.3, -0.25) is 9.48 Å². The van der Waals surface area contributed by atoms with E-state index in [-0.39, 0.29) is 18.2 Å². The van der Waals surface area contributed by atoms with Gasteiger partial charge in [-0.05, 0) is 45.4 Å². The summed E-state index contributed by atoms with van der Waals surface area (Å²) < 4.78 is 13.0. The molecule has 3 aromatic rings. The van der Waals surface area contributed by atoms with Gasteiger partial charge in [-0.25, -0.2) is 0 Å². The molecule has 148 valence electrons. The van der Waals surface area contributed by atoms with Crippen LogP contribution < -0.4 is 4.74 Å². The average molecular weight is 382 g/mol. The molecule has 0 aliphatic carbocycles. The minimum absolute atomic E-state index is 0.206. The SMILES string of the molecule is Cc1cccc(OCc2c(C(=O)N(C)Cc3c(C)nn(C)c3C)noc2C)c1. The summed E-state index contributed by atoms with van der Waals surface area (Å²) in [4.78, 5) is 14.6. The lowest BCUT2D eigenvalue weighted by Gasteiger charge is -2.17. The molecule has 28 heavy (non-hydrogen) atoms. The van der Waals surface area contributed by atoms with Crippen molar-refractivity contribution < 1.29 is 14.1 Å². The molecule has 3 rings (SSSR count). The van der Waals surface area contributed by atoms with E-state index in [1.807, 2.05) is 56.8 Å². The molecule has 0 aliphatic rings. The highest BCUT2D eigenvalue weighted by molar-refractivity contribution is 5.93. The molecule has 0 N–H and O–H groups in total. The van der Waals surface area contributed by atoms with Gasteiger partial charge in [0.2, 0.25) is 0 Å². The zero-order valence-corrected chi connectivity index (χ0v) is 17.2. The molecule has 7 heteroatoms. The lowest BCUT2D eigenvalue weighted by molar-refractivity contribution is 0.0772. The topological polar surface area (TPSA) is 73.4 Å². The Hall–Kier alpha value is -3.09. The van der Waals surface area contributed by atoms with Crippen molar-refractivity contribution in [1.29, 1.82) is 0 Å². The summed E-state index contributed by atoms with van der Waals surface area (Å²) in [5, 5.41) is 8.40. The number of carbonyl (C=O) groups is 1. The molecule has 0 unspecified atom stereocenters. The van der Waals surface area contributed by atoms with Gasteiger partial charge in [0.1, 0.15) is 18.1 Å². The van der Waals surface area contributed by atoms with Gasteiger partial charge in [0.15, 0.2) is 5.69 Å². The second-order valence-corrected chi connectivity index (χ2v) is 7.11. The van der Waals surface area contributed by atoms with Gasteiger partial charge in [-0.1, -0.05) is 17.3 Å². The van der Waals surface area contributed by atoms with Crippen molar-refractivity contribution in [2.45, 2.75) is 40.8 Å². The molecule has 0 spiro atoms. The Morgan fingerprint density at radius 1 is 1.21 bits per heavy atom. The van der Waals surface area contributed by atoms with Crippen molar-refractivity contribution in [1.82, 2.24) is 19.8 Å². The molecule has 7 nitrogen and oxygen atoms in total. The Balaban J connectivity index is 1.76. The van der Waals surface area contributed by atoms with E-state index in [2.05, 4.69) is 10.3 Å². The molecule has 1 aromatic carbocycles. The lowest BCUT2D eigenvalue weighted by atomic mass is 10.1. The Bertz CT molecular complexity index is 1000. The molecule has 0 saturated heterocycles. The molecule has 0 aliphatic heterocycles. The van der Waals surface area contributed by atoms with Crippen LogP contribution in [0.25, 0.3) is 0 Å². The summed E-state index contributed by atoms with van der Waals surface area (Å²) in [7, 11) is 3.65. The van der Waals surface area contributed by atoms with Gasteiger partial charge >= 0.3 is 0 Å². The predicted molar refractivity (Wildman–Crippen MR) is 105 cm³/mol. The van der Waals surface area contributed by atoms with Crippen LogP contribution >= 0.6 is 0 Å². The number of benzene rings is 1. The van der Waals surface area contributed by atoms with Crippen molar-refractivity contribution in [3.05, 3.63) is 63.8 Å². The van der Waals surface area contributed by atoms with Gasteiger partial charge in [0.25, 0.3) is 5.91 Å². The van der Waals surface area contributed by atoms with Gasteiger partial charge in [-0.15, -0.1) is 0 Å². The fraction of sp³-hybridized carbons (Fsp3) is 0.381. The third-order valence-electron chi connectivity index (χ3n) is 4.96. The first-order valence-corrected chi connectivity index (χ1v) is 9.17. The van der Waals surface area contributed by atoms with E-state index in [4.69, 9.17) is 9.26 Å². The van der Waals surface area contributed by atoms with Gasteiger partial charge < -0.3 is 14.2 Å². The highest BCUT2D eigenvalue weighted by atomic mass is 16.5. The van der Waals surface area contributed by atoms with Crippen LogP contribution in [0.4, 0.5) is 0 Å². The maximum absolute atomic E-state index is 13.0. The fourth-order valence-electron chi connectivity index (χ4n) is 3.13. The summed E-state index contributed by atoms with van der Waals surface area (Å²) >= 11 is 0. The maximum Gasteiger partial charge on any atom is 0.276 e. The fourth-order valence-corrected chi connectivity index (χ4v) is 3.13. The van der Waals surface area contributed by atoms with Crippen LogP contribution in [-0.4, -0.2) is 32.8 Å². The Morgan fingerprint density at radius 3 is 2.61 bits per heavy atom. The molecule has 0 bridgehead atoms. The first-order chi connectivity index (χ1) is 13.3. The number of nitrogens with zero attached hydrogens (tertiary/aromatic N) is 4. The highest BCUT2D eigenvalue weighted by Gasteiger charge is 2.24. The zero-order chi connectivity index (χ0) is 20.4. The highest BCUT2D eigenvalue weighted by Crippen LogP contribution is 2.21.